The number of rotatable bonds is 3. The third kappa shape index (κ3) is 3.17. The van der Waals surface area contributed by atoms with Crippen LogP contribution in [-0.2, 0) is 14.1 Å². The van der Waals surface area contributed by atoms with Gasteiger partial charge in [-0.15, -0.1) is 0 Å². The van der Waals surface area contributed by atoms with E-state index in [0.717, 1.165) is 9.13 Å². The van der Waals surface area contributed by atoms with Crippen molar-refractivity contribution in [3.8, 4) is 18.2 Å². The first-order chi connectivity index (χ1) is 10.8. The fraction of sp³-hybridized carbons (Fsp3) is 0.286. The van der Waals surface area contributed by atoms with E-state index in [0.29, 0.717) is 0 Å². The molecule has 1 heterocycles. The maximum atomic E-state index is 12.4. The average Bonchev–Trinajstić information content (AvgIpc) is 2.53. The van der Waals surface area contributed by atoms with E-state index in [1.807, 2.05) is 0 Å². The van der Waals surface area contributed by atoms with E-state index in [9.17, 15) is 14.9 Å². The Kier molecular flexibility index (Phi) is 5.21. The summed E-state index contributed by atoms with van der Waals surface area (Å²) in [6.45, 7) is 0. The quantitative estimate of drug-likeness (QED) is 0.425. The molecule has 0 spiro atoms. The second kappa shape index (κ2) is 6.88. The van der Waals surface area contributed by atoms with Gasteiger partial charge in [0.1, 0.15) is 29.3 Å². The zero-order valence-electron chi connectivity index (χ0n) is 13.0. The van der Waals surface area contributed by atoms with Crippen LogP contribution < -0.4 is 11.2 Å². The molecule has 23 heavy (non-hydrogen) atoms. The molecule has 0 aliphatic carbocycles. The van der Waals surface area contributed by atoms with Crippen LogP contribution in [0.4, 0.5) is 5.82 Å². The van der Waals surface area contributed by atoms with Crippen LogP contribution in [0, 0.1) is 34.0 Å². The molecule has 0 bridgehead atoms. The summed E-state index contributed by atoms with van der Waals surface area (Å²) < 4.78 is 1.86. The fourth-order valence-corrected chi connectivity index (χ4v) is 1.75. The molecule has 0 amide bonds. The maximum absolute atomic E-state index is 12.4. The van der Waals surface area contributed by atoms with Crippen LogP contribution >= 0.6 is 0 Å². The monoisotopic (exact) mass is 311 g/mol. The van der Waals surface area contributed by atoms with E-state index in [-0.39, 0.29) is 11.4 Å². The summed E-state index contributed by atoms with van der Waals surface area (Å²) in [5.41, 5.74) is -2.66. The molecule has 0 atom stereocenters. The highest BCUT2D eigenvalue weighted by atomic mass is 16.2. The van der Waals surface area contributed by atoms with Crippen molar-refractivity contribution in [3.05, 3.63) is 32.0 Å². The predicted molar refractivity (Wildman–Crippen MR) is 82.5 cm³/mol. The van der Waals surface area contributed by atoms with Crippen LogP contribution in [0.5, 0.6) is 0 Å². The van der Waals surface area contributed by atoms with Crippen molar-refractivity contribution in [3.63, 3.8) is 0 Å². The molecule has 0 aliphatic rings. The molecule has 1 aromatic heterocycles. The van der Waals surface area contributed by atoms with Gasteiger partial charge in [0.15, 0.2) is 5.82 Å². The summed E-state index contributed by atoms with van der Waals surface area (Å²) in [5, 5.41) is 27.2. The molecule has 0 radical (unpaired) electrons. The van der Waals surface area contributed by atoms with Crippen molar-refractivity contribution in [2.75, 3.05) is 14.1 Å². The van der Waals surface area contributed by atoms with E-state index in [1.54, 1.807) is 37.2 Å². The normalized spacial score (nSPS) is 9.78. The molecular formula is C14H13N7O2. The van der Waals surface area contributed by atoms with Gasteiger partial charge in [-0.2, -0.15) is 15.8 Å². The molecule has 9 heteroatoms. The maximum Gasteiger partial charge on any atom is 0.332 e. The summed E-state index contributed by atoms with van der Waals surface area (Å²) >= 11 is 0. The van der Waals surface area contributed by atoms with Gasteiger partial charge in [0.25, 0.3) is 5.56 Å². The highest BCUT2D eigenvalue weighted by Crippen LogP contribution is 2.23. The summed E-state index contributed by atoms with van der Waals surface area (Å²) in [6, 6.07) is 4.83. The fourth-order valence-electron chi connectivity index (χ4n) is 1.75. The Morgan fingerprint density at radius 2 is 1.65 bits per heavy atom. The molecular weight excluding hydrogens is 298 g/mol. The molecule has 0 saturated heterocycles. The molecule has 116 valence electrons. The lowest BCUT2D eigenvalue weighted by molar-refractivity contribution is 0.639. The minimum atomic E-state index is -0.807. The van der Waals surface area contributed by atoms with Crippen LogP contribution in [0.2, 0.25) is 0 Å². The Balaban J connectivity index is 4.09. The van der Waals surface area contributed by atoms with Crippen LogP contribution in [0.3, 0.4) is 0 Å². The van der Waals surface area contributed by atoms with Gasteiger partial charge in [0, 0.05) is 28.2 Å². The zero-order chi connectivity index (χ0) is 17.7. The van der Waals surface area contributed by atoms with E-state index >= 15 is 0 Å². The Morgan fingerprint density at radius 1 is 1.09 bits per heavy atom. The van der Waals surface area contributed by atoms with Gasteiger partial charge in [-0.1, -0.05) is 0 Å². The topological polar surface area (TPSA) is 131 Å². The second-order valence-corrected chi connectivity index (χ2v) is 4.70. The van der Waals surface area contributed by atoms with Gasteiger partial charge in [-0.25, -0.2) is 9.79 Å². The van der Waals surface area contributed by atoms with Crippen LogP contribution in [0.15, 0.2) is 20.2 Å². The summed E-state index contributed by atoms with van der Waals surface area (Å²) in [5.74, 6) is -0.105. The number of nitrogens with zero attached hydrogens (tertiary/aromatic N) is 7. The SMILES string of the molecule is CN(C)/C=N\c1c(C(C#N)=C(C#N)C#N)c(=O)n(C)c(=O)n1C. The molecule has 1 aromatic rings. The molecule has 0 aromatic carbocycles. The zero-order valence-corrected chi connectivity index (χ0v) is 13.0. The van der Waals surface area contributed by atoms with E-state index < -0.39 is 22.4 Å². The largest absolute Gasteiger partial charge is 0.369 e. The third-order valence-electron chi connectivity index (χ3n) is 2.88. The predicted octanol–water partition coefficient (Wildman–Crippen LogP) is -0.370. The van der Waals surface area contributed by atoms with E-state index in [1.165, 1.54) is 20.4 Å². The highest BCUT2D eigenvalue weighted by molar-refractivity contribution is 5.88. The number of nitriles is 3. The lowest BCUT2D eigenvalue weighted by Crippen LogP contribution is -2.38. The standard InChI is InChI=1S/C14H13N7O2/c1-19(2)8-18-12-11(10(7-17)9(5-15)6-16)13(22)21(4)14(23)20(12)3/h8H,1-4H3/b18-8-. The minimum absolute atomic E-state index is 0.105. The van der Waals surface area contributed by atoms with Gasteiger partial charge < -0.3 is 4.90 Å². The van der Waals surface area contributed by atoms with Crippen molar-refractivity contribution in [1.29, 1.82) is 15.8 Å². The Bertz CT molecular complexity index is 924. The van der Waals surface area contributed by atoms with E-state index in [2.05, 4.69) is 4.99 Å². The average molecular weight is 311 g/mol. The first-order valence-corrected chi connectivity index (χ1v) is 6.25. The van der Waals surface area contributed by atoms with Gasteiger partial charge >= 0.3 is 5.69 Å². The summed E-state index contributed by atoms with van der Waals surface area (Å²) in [7, 11) is 5.97. The molecule has 0 N–H and O–H groups in total. The molecule has 1 rings (SSSR count). The molecule has 0 aliphatic heterocycles. The summed E-state index contributed by atoms with van der Waals surface area (Å²) in [4.78, 5) is 30.0. The summed E-state index contributed by atoms with van der Waals surface area (Å²) in [6.07, 6.45) is 1.34. The van der Waals surface area contributed by atoms with Crippen molar-refractivity contribution < 1.29 is 0 Å². The second-order valence-electron chi connectivity index (χ2n) is 4.70. The number of hydrogen-bond acceptors (Lipinski definition) is 6. The van der Waals surface area contributed by atoms with Crippen molar-refractivity contribution in [1.82, 2.24) is 14.0 Å². The molecule has 0 unspecified atom stereocenters. The molecule has 0 saturated carbocycles. The number of allylic oxidation sites excluding steroid dienone is 2. The molecule has 9 nitrogen and oxygen atoms in total. The Morgan fingerprint density at radius 3 is 2.09 bits per heavy atom. The lowest BCUT2D eigenvalue weighted by atomic mass is 10.0. The number of aromatic nitrogens is 2. The Hall–Kier alpha value is -3.64. The number of aliphatic imine (C=N–C) groups is 1. The van der Waals surface area contributed by atoms with Crippen molar-refractivity contribution in [2.24, 2.45) is 19.1 Å². The third-order valence-corrected chi connectivity index (χ3v) is 2.88. The van der Waals surface area contributed by atoms with E-state index in [4.69, 9.17) is 10.5 Å². The van der Waals surface area contributed by atoms with Gasteiger partial charge in [-0.05, 0) is 0 Å². The molecule has 0 fully saturated rings. The van der Waals surface area contributed by atoms with Crippen LogP contribution in [0.1, 0.15) is 5.56 Å². The first kappa shape index (κ1) is 17.4. The Labute approximate surface area is 131 Å². The first-order valence-electron chi connectivity index (χ1n) is 6.25. The van der Waals surface area contributed by atoms with Crippen LogP contribution in [0.25, 0.3) is 5.57 Å². The van der Waals surface area contributed by atoms with Crippen LogP contribution in [-0.4, -0.2) is 34.5 Å². The number of hydrogen-bond donors (Lipinski definition) is 0. The highest BCUT2D eigenvalue weighted by Gasteiger charge is 2.22. The van der Waals surface area contributed by atoms with Gasteiger partial charge in [-0.3, -0.25) is 13.9 Å². The van der Waals surface area contributed by atoms with Crippen molar-refractivity contribution in [2.45, 2.75) is 0 Å². The minimum Gasteiger partial charge on any atom is -0.369 e. The lowest BCUT2D eigenvalue weighted by Gasteiger charge is -2.12. The smallest absolute Gasteiger partial charge is 0.332 e. The van der Waals surface area contributed by atoms with Gasteiger partial charge in [0.2, 0.25) is 0 Å². The van der Waals surface area contributed by atoms with Gasteiger partial charge in [0.05, 0.1) is 11.9 Å². The van der Waals surface area contributed by atoms with Crippen molar-refractivity contribution >= 4 is 17.7 Å².